The highest BCUT2D eigenvalue weighted by Gasteiger charge is 2.20. The van der Waals surface area contributed by atoms with Crippen LogP contribution >= 0.6 is 0 Å². The number of anilines is 1. The fraction of sp³-hybridized carbons (Fsp3) is 0.333. The molecule has 1 aromatic carbocycles. The molecule has 100 valence electrons. The lowest BCUT2D eigenvalue weighted by Crippen LogP contribution is -2.45. The van der Waals surface area contributed by atoms with E-state index in [1.165, 1.54) is 0 Å². The van der Waals surface area contributed by atoms with Gasteiger partial charge in [-0.3, -0.25) is 4.79 Å². The zero-order valence-corrected chi connectivity index (χ0v) is 11.2. The molecule has 0 aliphatic rings. The van der Waals surface area contributed by atoms with Gasteiger partial charge in [0.15, 0.2) is 0 Å². The summed E-state index contributed by atoms with van der Waals surface area (Å²) in [5.74, 6) is -0.0679. The van der Waals surface area contributed by atoms with Gasteiger partial charge in [-0.1, -0.05) is 24.3 Å². The molecule has 0 aliphatic carbocycles. The van der Waals surface area contributed by atoms with E-state index in [9.17, 15) is 4.79 Å². The zero-order chi connectivity index (χ0) is 14.1. The number of para-hydroxylation sites is 1. The van der Waals surface area contributed by atoms with Crippen molar-refractivity contribution in [3.63, 3.8) is 0 Å². The van der Waals surface area contributed by atoms with Gasteiger partial charge in [0.05, 0.1) is 12.5 Å². The summed E-state index contributed by atoms with van der Waals surface area (Å²) >= 11 is 0. The third-order valence-electron chi connectivity index (χ3n) is 2.82. The molecule has 4 heteroatoms. The molecule has 4 nitrogen and oxygen atoms in total. The van der Waals surface area contributed by atoms with Crippen LogP contribution in [-0.4, -0.2) is 25.0 Å². The Morgan fingerprint density at radius 1 is 1.53 bits per heavy atom. The summed E-state index contributed by atoms with van der Waals surface area (Å²) in [7, 11) is 0. The van der Waals surface area contributed by atoms with Crippen molar-refractivity contribution in [2.75, 3.05) is 18.0 Å². The largest absolute Gasteiger partial charge is 0.359 e. The van der Waals surface area contributed by atoms with Crippen molar-refractivity contribution < 1.29 is 4.79 Å². The molecular formula is C15H19N3O. The number of nitrogens with zero attached hydrogens (tertiary/aromatic N) is 2. The molecule has 1 unspecified atom stereocenters. The number of carbonyl (C=O) groups excluding carboxylic acids is 1. The Balaban J connectivity index is 2.82. The molecule has 1 atom stereocenters. The normalized spacial score (nSPS) is 11.2. The molecular weight excluding hydrogens is 238 g/mol. The van der Waals surface area contributed by atoms with Crippen molar-refractivity contribution in [3.8, 4) is 6.07 Å². The molecule has 0 spiro atoms. The van der Waals surface area contributed by atoms with Crippen molar-refractivity contribution in [1.29, 1.82) is 5.26 Å². The van der Waals surface area contributed by atoms with Crippen LogP contribution in [0, 0.1) is 11.3 Å². The highest BCUT2D eigenvalue weighted by molar-refractivity contribution is 5.84. The Kier molecular flexibility index (Phi) is 6.17. The first kappa shape index (κ1) is 14.8. The summed E-state index contributed by atoms with van der Waals surface area (Å²) < 4.78 is 0. The van der Waals surface area contributed by atoms with Gasteiger partial charge in [-0.15, -0.1) is 6.58 Å². The SMILES string of the molecule is C=CCNC(=O)C(C)N(CCC#N)c1ccccc1. The second kappa shape index (κ2) is 7.93. The van der Waals surface area contributed by atoms with Crippen LogP contribution in [0.3, 0.4) is 0 Å². The fourth-order valence-corrected chi connectivity index (χ4v) is 1.80. The Labute approximate surface area is 114 Å². The average molecular weight is 257 g/mol. The van der Waals surface area contributed by atoms with E-state index in [0.29, 0.717) is 19.5 Å². The van der Waals surface area contributed by atoms with Gasteiger partial charge in [0.2, 0.25) is 5.91 Å². The van der Waals surface area contributed by atoms with Crippen molar-refractivity contribution in [2.24, 2.45) is 0 Å². The predicted molar refractivity (Wildman–Crippen MR) is 76.7 cm³/mol. The average Bonchev–Trinajstić information content (AvgIpc) is 2.46. The van der Waals surface area contributed by atoms with Gasteiger partial charge in [0, 0.05) is 18.8 Å². The van der Waals surface area contributed by atoms with Gasteiger partial charge in [-0.25, -0.2) is 0 Å². The molecule has 0 aliphatic heterocycles. The number of hydrogen-bond donors (Lipinski definition) is 1. The van der Waals surface area contributed by atoms with Crippen LogP contribution in [0.15, 0.2) is 43.0 Å². The minimum Gasteiger partial charge on any atom is -0.359 e. The lowest BCUT2D eigenvalue weighted by Gasteiger charge is -2.29. The van der Waals surface area contributed by atoms with E-state index >= 15 is 0 Å². The van der Waals surface area contributed by atoms with Crippen LogP contribution in [-0.2, 0) is 4.79 Å². The van der Waals surface area contributed by atoms with E-state index in [-0.39, 0.29) is 11.9 Å². The van der Waals surface area contributed by atoms with Gasteiger partial charge < -0.3 is 10.2 Å². The van der Waals surface area contributed by atoms with E-state index in [0.717, 1.165) is 5.69 Å². The number of rotatable bonds is 7. The summed E-state index contributed by atoms with van der Waals surface area (Å²) in [6.45, 7) is 6.39. The Hall–Kier alpha value is -2.28. The van der Waals surface area contributed by atoms with Crippen molar-refractivity contribution >= 4 is 11.6 Å². The van der Waals surface area contributed by atoms with E-state index in [1.54, 1.807) is 6.08 Å². The van der Waals surface area contributed by atoms with E-state index in [2.05, 4.69) is 18.0 Å². The number of nitriles is 1. The second-order valence-corrected chi connectivity index (χ2v) is 4.15. The van der Waals surface area contributed by atoms with Crippen LogP contribution in [0.1, 0.15) is 13.3 Å². The van der Waals surface area contributed by atoms with E-state index < -0.39 is 0 Å². The van der Waals surface area contributed by atoms with Gasteiger partial charge in [-0.2, -0.15) is 5.26 Å². The van der Waals surface area contributed by atoms with Crippen LogP contribution in [0.25, 0.3) is 0 Å². The fourth-order valence-electron chi connectivity index (χ4n) is 1.80. The molecule has 1 N–H and O–H groups in total. The van der Waals surface area contributed by atoms with E-state index in [1.807, 2.05) is 42.2 Å². The van der Waals surface area contributed by atoms with Gasteiger partial charge in [0.1, 0.15) is 6.04 Å². The third kappa shape index (κ3) is 4.47. The summed E-state index contributed by atoms with van der Waals surface area (Å²) in [4.78, 5) is 13.9. The van der Waals surface area contributed by atoms with Gasteiger partial charge in [-0.05, 0) is 19.1 Å². The first-order chi connectivity index (χ1) is 9.20. The minimum absolute atomic E-state index is 0.0679. The lowest BCUT2D eigenvalue weighted by molar-refractivity contribution is -0.121. The molecule has 0 radical (unpaired) electrons. The van der Waals surface area contributed by atoms with Crippen molar-refractivity contribution in [3.05, 3.63) is 43.0 Å². The maximum atomic E-state index is 12.0. The number of benzene rings is 1. The molecule has 1 rings (SSSR count). The zero-order valence-electron chi connectivity index (χ0n) is 11.2. The van der Waals surface area contributed by atoms with Gasteiger partial charge in [0.25, 0.3) is 0 Å². The van der Waals surface area contributed by atoms with Gasteiger partial charge >= 0.3 is 0 Å². The molecule has 1 amide bonds. The van der Waals surface area contributed by atoms with Crippen LogP contribution in [0.4, 0.5) is 5.69 Å². The summed E-state index contributed by atoms with van der Waals surface area (Å²) in [5, 5.41) is 11.5. The summed E-state index contributed by atoms with van der Waals surface area (Å²) in [5.41, 5.74) is 0.944. The van der Waals surface area contributed by atoms with Crippen LogP contribution in [0.2, 0.25) is 0 Å². The quantitative estimate of drug-likeness (QED) is 0.761. The first-order valence-electron chi connectivity index (χ1n) is 6.28. The number of hydrogen-bond acceptors (Lipinski definition) is 3. The van der Waals surface area contributed by atoms with Crippen molar-refractivity contribution in [2.45, 2.75) is 19.4 Å². The van der Waals surface area contributed by atoms with Crippen LogP contribution < -0.4 is 10.2 Å². The number of carbonyl (C=O) groups is 1. The summed E-state index contributed by atoms with van der Waals surface area (Å²) in [6, 6.07) is 11.4. The Morgan fingerprint density at radius 2 is 2.21 bits per heavy atom. The molecule has 0 heterocycles. The Morgan fingerprint density at radius 3 is 2.79 bits per heavy atom. The van der Waals surface area contributed by atoms with Crippen molar-refractivity contribution in [1.82, 2.24) is 5.32 Å². The minimum atomic E-state index is -0.323. The maximum absolute atomic E-state index is 12.0. The molecule has 0 bridgehead atoms. The third-order valence-corrected chi connectivity index (χ3v) is 2.82. The number of amides is 1. The monoisotopic (exact) mass is 257 g/mol. The molecule has 1 aromatic rings. The molecule has 0 aromatic heterocycles. The first-order valence-corrected chi connectivity index (χ1v) is 6.28. The maximum Gasteiger partial charge on any atom is 0.242 e. The van der Waals surface area contributed by atoms with Crippen LogP contribution in [0.5, 0.6) is 0 Å². The lowest BCUT2D eigenvalue weighted by atomic mass is 10.2. The molecule has 19 heavy (non-hydrogen) atoms. The smallest absolute Gasteiger partial charge is 0.242 e. The molecule has 0 saturated heterocycles. The highest BCUT2D eigenvalue weighted by atomic mass is 16.2. The summed E-state index contributed by atoms with van der Waals surface area (Å²) in [6.07, 6.45) is 2.03. The highest BCUT2D eigenvalue weighted by Crippen LogP contribution is 2.16. The predicted octanol–water partition coefficient (Wildman–Crippen LogP) is 2.10. The topological polar surface area (TPSA) is 56.1 Å². The molecule has 0 fully saturated rings. The Bertz CT molecular complexity index is 450. The number of nitrogens with one attached hydrogen (secondary N) is 1. The van der Waals surface area contributed by atoms with E-state index in [4.69, 9.17) is 5.26 Å². The molecule has 0 saturated carbocycles. The second-order valence-electron chi connectivity index (χ2n) is 4.15. The standard InChI is InChI=1S/C15H19N3O/c1-3-11-17-15(19)13(2)18(12-7-10-16)14-8-5-4-6-9-14/h3-6,8-9,13H,1,7,11-12H2,2H3,(H,17,19).